The van der Waals surface area contributed by atoms with Crippen molar-refractivity contribution in [2.75, 3.05) is 9.80 Å². The zero-order valence-corrected chi connectivity index (χ0v) is 33.7. The van der Waals surface area contributed by atoms with Crippen LogP contribution in [-0.2, 0) is 0 Å². The van der Waals surface area contributed by atoms with E-state index in [1.807, 2.05) is 6.07 Å². The maximum absolute atomic E-state index is 7.35. The zero-order valence-electron chi connectivity index (χ0n) is 33.7. The van der Waals surface area contributed by atoms with E-state index in [1.54, 1.807) is 0 Å². The standard InChI is InChI=1S/C54H31B3N2O4/c1-3-16-32(17-4-1)58-38-24-11-7-20-34(38)55-36-22-9-13-26-42(36)62-53-48(55)40(58)30-46-51(53)57-50-44(60-46)28-15-29-45(50)61-47-31-41-49-54(52(47)57)63-43-27-14-10-23-37(43)56(49)35-21-8-12-25-39(35)59(41)33-18-5-2-6-19-33/h1-31H. The zero-order chi connectivity index (χ0) is 40.9. The van der Waals surface area contributed by atoms with E-state index < -0.39 is 0 Å². The first-order chi connectivity index (χ1) is 31.3. The molecule has 0 saturated heterocycles. The Morgan fingerprint density at radius 1 is 0.270 bits per heavy atom. The largest absolute Gasteiger partial charge is 0.459 e. The molecular weight excluding hydrogens is 773 g/mol. The second-order valence-electron chi connectivity index (χ2n) is 17.0. The highest BCUT2D eigenvalue weighted by Crippen LogP contribution is 2.48. The SMILES string of the molecule is c1ccc(N2c3ccccc3B3c4ccccc4Oc4c5c(cc2c43)Oc2cccc3c2B5c2c(cc4c5c2Oc2ccccc2B5c2ccccc2N4c2ccccc2)O3)cc1. The maximum Gasteiger partial charge on any atom is 0.270 e. The van der Waals surface area contributed by atoms with Gasteiger partial charge in [0.05, 0.1) is 0 Å². The van der Waals surface area contributed by atoms with Crippen LogP contribution in [0, 0.1) is 0 Å². The van der Waals surface area contributed by atoms with Crippen molar-refractivity contribution in [1.29, 1.82) is 0 Å². The third-order valence-corrected chi connectivity index (χ3v) is 13.9. The van der Waals surface area contributed by atoms with Crippen molar-refractivity contribution >= 4 is 103 Å². The van der Waals surface area contributed by atoms with Gasteiger partial charge in [0.2, 0.25) is 0 Å². The highest BCUT2D eigenvalue weighted by molar-refractivity contribution is 7.04. The molecule has 0 N–H and O–H groups in total. The molecule has 290 valence electrons. The van der Waals surface area contributed by atoms with Gasteiger partial charge in [-0.05, 0) is 93.4 Å². The summed E-state index contributed by atoms with van der Waals surface area (Å²) >= 11 is 0. The highest BCUT2D eigenvalue weighted by Gasteiger charge is 2.52. The van der Waals surface area contributed by atoms with E-state index in [1.165, 1.54) is 10.9 Å². The van der Waals surface area contributed by atoms with Gasteiger partial charge in [-0.1, -0.05) is 115 Å². The minimum absolute atomic E-state index is 0.0808. The summed E-state index contributed by atoms with van der Waals surface area (Å²) in [4.78, 5) is 4.74. The van der Waals surface area contributed by atoms with E-state index in [9.17, 15) is 0 Å². The van der Waals surface area contributed by atoms with E-state index in [2.05, 4.69) is 192 Å². The summed E-state index contributed by atoms with van der Waals surface area (Å²) in [6.07, 6.45) is 0. The molecule has 6 aliphatic heterocycles. The summed E-state index contributed by atoms with van der Waals surface area (Å²) in [5, 5.41) is 0. The van der Waals surface area contributed by atoms with Gasteiger partial charge in [-0.25, -0.2) is 0 Å². The number of ether oxygens (including phenoxy) is 4. The van der Waals surface area contributed by atoms with Crippen molar-refractivity contribution in [3.8, 4) is 46.0 Å². The lowest BCUT2D eigenvalue weighted by Crippen LogP contribution is -2.65. The molecule has 6 nitrogen and oxygen atoms in total. The van der Waals surface area contributed by atoms with E-state index in [0.717, 1.165) is 118 Å². The van der Waals surface area contributed by atoms with Crippen LogP contribution in [0.3, 0.4) is 0 Å². The van der Waals surface area contributed by atoms with Crippen molar-refractivity contribution in [3.63, 3.8) is 0 Å². The molecule has 15 rings (SSSR count). The monoisotopic (exact) mass is 804 g/mol. The molecule has 9 aromatic carbocycles. The molecule has 0 radical (unpaired) electrons. The Hall–Kier alpha value is -8.03. The van der Waals surface area contributed by atoms with Crippen LogP contribution in [0.5, 0.6) is 46.0 Å². The van der Waals surface area contributed by atoms with Crippen molar-refractivity contribution in [3.05, 3.63) is 188 Å². The van der Waals surface area contributed by atoms with Gasteiger partial charge in [-0.15, -0.1) is 0 Å². The normalized spacial score (nSPS) is 14.4. The first kappa shape index (κ1) is 33.7. The molecule has 0 aliphatic carbocycles. The molecule has 0 unspecified atom stereocenters. The molecule has 9 heteroatoms. The predicted molar refractivity (Wildman–Crippen MR) is 256 cm³/mol. The molecule has 0 fully saturated rings. The van der Waals surface area contributed by atoms with Crippen LogP contribution in [0.4, 0.5) is 34.1 Å². The van der Waals surface area contributed by atoms with E-state index >= 15 is 0 Å². The Morgan fingerprint density at radius 2 is 0.667 bits per heavy atom. The summed E-state index contributed by atoms with van der Waals surface area (Å²) in [5.74, 6) is 6.32. The van der Waals surface area contributed by atoms with Gasteiger partial charge >= 0.3 is 0 Å². The molecule has 0 spiro atoms. The number of benzene rings is 9. The summed E-state index contributed by atoms with van der Waals surface area (Å²) in [6, 6.07) is 66.5. The molecule has 0 aromatic heterocycles. The molecule has 0 amide bonds. The van der Waals surface area contributed by atoms with Crippen LogP contribution in [-0.4, -0.2) is 20.1 Å². The third-order valence-electron chi connectivity index (χ3n) is 13.9. The molecule has 0 saturated carbocycles. The topological polar surface area (TPSA) is 43.4 Å². The Balaban J connectivity index is 1.06. The maximum atomic E-state index is 7.35. The van der Waals surface area contributed by atoms with Crippen LogP contribution in [0.15, 0.2) is 188 Å². The van der Waals surface area contributed by atoms with Gasteiger partial charge in [0.1, 0.15) is 46.0 Å². The van der Waals surface area contributed by atoms with Crippen molar-refractivity contribution < 1.29 is 18.9 Å². The minimum atomic E-state index is -0.356. The number of fused-ring (bicyclic) bond motifs is 14. The molecule has 63 heavy (non-hydrogen) atoms. The van der Waals surface area contributed by atoms with Crippen LogP contribution < -0.4 is 77.9 Å². The van der Waals surface area contributed by atoms with Crippen molar-refractivity contribution in [2.45, 2.75) is 0 Å². The lowest BCUT2D eigenvalue weighted by Gasteiger charge is -2.44. The Kier molecular flexibility index (Phi) is 6.57. The first-order valence-corrected chi connectivity index (χ1v) is 21.6. The van der Waals surface area contributed by atoms with Gasteiger partial charge < -0.3 is 28.7 Å². The van der Waals surface area contributed by atoms with Crippen LogP contribution in [0.1, 0.15) is 0 Å². The van der Waals surface area contributed by atoms with E-state index in [-0.39, 0.29) is 20.1 Å². The Morgan fingerprint density at radius 3 is 1.14 bits per heavy atom. The van der Waals surface area contributed by atoms with Crippen LogP contribution in [0.25, 0.3) is 0 Å². The summed E-state index contributed by atoms with van der Waals surface area (Å²) in [7, 11) is 0. The second-order valence-corrected chi connectivity index (χ2v) is 17.0. The van der Waals surface area contributed by atoms with Gasteiger partial charge in [0.25, 0.3) is 20.1 Å². The average molecular weight is 804 g/mol. The lowest BCUT2D eigenvalue weighted by atomic mass is 9.29. The number of hydrogen-bond donors (Lipinski definition) is 0. The van der Waals surface area contributed by atoms with Crippen LogP contribution in [0.2, 0.25) is 0 Å². The number of nitrogens with zero attached hydrogens (tertiary/aromatic N) is 2. The molecule has 9 aromatic rings. The molecular formula is C54H31B3N2O4. The van der Waals surface area contributed by atoms with Gasteiger partial charge in [0, 0.05) is 62.6 Å². The molecule has 0 atom stereocenters. The number of anilines is 6. The molecule has 0 bridgehead atoms. The van der Waals surface area contributed by atoms with Crippen LogP contribution >= 0.6 is 0 Å². The number of rotatable bonds is 2. The lowest BCUT2D eigenvalue weighted by molar-refractivity contribution is 0.452. The average Bonchev–Trinajstić information content (AvgIpc) is 3.34. The number of para-hydroxylation sites is 6. The Bertz CT molecular complexity index is 3250. The first-order valence-electron chi connectivity index (χ1n) is 21.6. The second kappa shape index (κ2) is 12.3. The van der Waals surface area contributed by atoms with E-state index in [4.69, 9.17) is 18.9 Å². The molecule has 6 heterocycles. The Labute approximate surface area is 364 Å². The minimum Gasteiger partial charge on any atom is -0.459 e. The fourth-order valence-electron chi connectivity index (χ4n) is 11.5. The van der Waals surface area contributed by atoms with Crippen molar-refractivity contribution in [1.82, 2.24) is 0 Å². The van der Waals surface area contributed by atoms with Gasteiger partial charge in [0.15, 0.2) is 0 Å². The summed E-state index contributed by atoms with van der Waals surface area (Å²) < 4.78 is 29.0. The fraction of sp³-hybridized carbons (Fsp3) is 0. The summed E-state index contributed by atoms with van der Waals surface area (Å²) in [6.45, 7) is -0.517. The smallest absolute Gasteiger partial charge is 0.270 e. The quantitative estimate of drug-likeness (QED) is 0.172. The van der Waals surface area contributed by atoms with Crippen molar-refractivity contribution in [2.24, 2.45) is 0 Å². The predicted octanol–water partition coefficient (Wildman–Crippen LogP) is 7.22. The number of hydrogen-bond acceptors (Lipinski definition) is 6. The third kappa shape index (κ3) is 4.40. The van der Waals surface area contributed by atoms with Gasteiger partial charge in [-0.2, -0.15) is 0 Å². The highest BCUT2D eigenvalue weighted by atomic mass is 16.5. The fourth-order valence-corrected chi connectivity index (χ4v) is 11.5. The van der Waals surface area contributed by atoms with E-state index in [0.29, 0.717) is 0 Å². The summed E-state index contributed by atoms with van der Waals surface area (Å²) in [5.41, 5.74) is 16.3. The van der Waals surface area contributed by atoms with Gasteiger partial charge in [-0.3, -0.25) is 0 Å². The molecule has 6 aliphatic rings.